The fourth-order valence-electron chi connectivity index (χ4n) is 1.55. The van der Waals surface area contributed by atoms with Gasteiger partial charge in [0, 0.05) is 19.5 Å². The van der Waals surface area contributed by atoms with Crippen molar-refractivity contribution in [3.63, 3.8) is 0 Å². The molecule has 0 radical (unpaired) electrons. The number of hydrogen-bond donors (Lipinski definition) is 2. The van der Waals surface area contributed by atoms with Gasteiger partial charge >= 0.3 is 0 Å². The molecule has 0 saturated carbocycles. The van der Waals surface area contributed by atoms with Gasteiger partial charge in [-0.25, -0.2) is 0 Å². The normalized spacial score (nSPS) is 24.3. The second-order valence-electron chi connectivity index (χ2n) is 3.72. The molecule has 1 rings (SSSR count). The summed E-state index contributed by atoms with van der Waals surface area (Å²) >= 11 is 0. The van der Waals surface area contributed by atoms with E-state index in [0.717, 1.165) is 26.1 Å². The number of carbonyl (C=O) groups excluding carboxylic acids is 1. The molecular formula is C10H20N2O2. The van der Waals surface area contributed by atoms with Crippen molar-refractivity contribution in [1.82, 2.24) is 10.6 Å². The zero-order valence-corrected chi connectivity index (χ0v) is 9.01. The molecule has 2 atom stereocenters. The average Bonchev–Trinajstić information content (AvgIpc) is 2.19. The number of morpholine rings is 1. The van der Waals surface area contributed by atoms with E-state index in [9.17, 15) is 4.79 Å². The topological polar surface area (TPSA) is 50.4 Å². The number of amides is 1. The molecule has 0 aliphatic carbocycles. The first-order valence-electron chi connectivity index (χ1n) is 5.35. The van der Waals surface area contributed by atoms with E-state index in [1.165, 1.54) is 0 Å². The van der Waals surface area contributed by atoms with Crippen LogP contribution in [-0.2, 0) is 9.53 Å². The Kier molecular flexibility index (Phi) is 4.90. The molecule has 0 aromatic carbocycles. The molecule has 1 heterocycles. The first kappa shape index (κ1) is 11.5. The highest BCUT2D eigenvalue weighted by molar-refractivity contribution is 5.76. The number of nitrogens with one attached hydrogen (secondary N) is 2. The molecule has 1 aliphatic rings. The van der Waals surface area contributed by atoms with Gasteiger partial charge in [-0.3, -0.25) is 4.79 Å². The van der Waals surface area contributed by atoms with Gasteiger partial charge in [0.05, 0.1) is 18.8 Å². The van der Waals surface area contributed by atoms with Crippen LogP contribution in [0.1, 0.15) is 26.7 Å². The molecule has 1 saturated heterocycles. The van der Waals surface area contributed by atoms with E-state index in [1.807, 2.05) is 13.8 Å². The molecule has 1 fully saturated rings. The summed E-state index contributed by atoms with van der Waals surface area (Å²) in [6, 6.07) is 0.0989. The van der Waals surface area contributed by atoms with Crippen LogP contribution in [0.3, 0.4) is 0 Å². The van der Waals surface area contributed by atoms with Gasteiger partial charge in [-0.15, -0.1) is 0 Å². The van der Waals surface area contributed by atoms with Gasteiger partial charge in [-0.2, -0.15) is 0 Å². The number of rotatable bonds is 4. The third-order valence-electron chi connectivity index (χ3n) is 2.38. The zero-order chi connectivity index (χ0) is 10.4. The fraction of sp³-hybridized carbons (Fsp3) is 0.900. The van der Waals surface area contributed by atoms with Crippen molar-refractivity contribution in [2.24, 2.45) is 0 Å². The first-order valence-corrected chi connectivity index (χ1v) is 5.35. The maximum atomic E-state index is 11.3. The summed E-state index contributed by atoms with van der Waals surface area (Å²) in [6.07, 6.45) is 1.61. The van der Waals surface area contributed by atoms with Crippen LogP contribution in [0.4, 0.5) is 0 Å². The third-order valence-corrected chi connectivity index (χ3v) is 2.38. The van der Waals surface area contributed by atoms with Crippen LogP contribution in [0, 0.1) is 0 Å². The van der Waals surface area contributed by atoms with Gasteiger partial charge < -0.3 is 15.4 Å². The van der Waals surface area contributed by atoms with Gasteiger partial charge in [0.25, 0.3) is 0 Å². The van der Waals surface area contributed by atoms with Crippen molar-refractivity contribution in [1.29, 1.82) is 0 Å². The fourth-order valence-corrected chi connectivity index (χ4v) is 1.55. The van der Waals surface area contributed by atoms with Crippen molar-refractivity contribution in [3.05, 3.63) is 0 Å². The van der Waals surface area contributed by atoms with Crippen molar-refractivity contribution < 1.29 is 9.53 Å². The van der Waals surface area contributed by atoms with Crippen LogP contribution in [0.2, 0.25) is 0 Å². The Balaban J connectivity index is 2.25. The molecule has 4 heteroatoms. The molecular weight excluding hydrogens is 180 g/mol. The van der Waals surface area contributed by atoms with Crippen LogP contribution < -0.4 is 10.6 Å². The van der Waals surface area contributed by atoms with E-state index in [1.54, 1.807) is 0 Å². The Hall–Kier alpha value is -0.610. The van der Waals surface area contributed by atoms with E-state index >= 15 is 0 Å². The molecule has 82 valence electrons. The van der Waals surface area contributed by atoms with Crippen molar-refractivity contribution >= 4 is 5.91 Å². The van der Waals surface area contributed by atoms with Gasteiger partial charge in [-0.05, 0) is 13.3 Å². The lowest BCUT2D eigenvalue weighted by atomic mass is 10.1. The Morgan fingerprint density at radius 3 is 3.07 bits per heavy atom. The number of carbonyl (C=O) groups is 1. The molecule has 1 amide bonds. The summed E-state index contributed by atoms with van der Waals surface area (Å²) < 4.78 is 5.54. The lowest BCUT2D eigenvalue weighted by Gasteiger charge is -2.29. The lowest BCUT2D eigenvalue weighted by molar-refractivity contribution is -0.123. The average molecular weight is 200 g/mol. The van der Waals surface area contributed by atoms with Crippen LogP contribution >= 0.6 is 0 Å². The second-order valence-corrected chi connectivity index (χ2v) is 3.72. The molecule has 0 aromatic rings. The smallest absolute Gasteiger partial charge is 0.220 e. The van der Waals surface area contributed by atoms with Gasteiger partial charge in [0.15, 0.2) is 0 Å². The van der Waals surface area contributed by atoms with E-state index < -0.39 is 0 Å². The minimum Gasteiger partial charge on any atom is -0.373 e. The van der Waals surface area contributed by atoms with Gasteiger partial charge in [0.2, 0.25) is 5.91 Å². The Labute approximate surface area is 85.4 Å². The van der Waals surface area contributed by atoms with E-state index in [4.69, 9.17) is 4.74 Å². The maximum absolute atomic E-state index is 11.3. The minimum atomic E-state index is 0.0989. The molecule has 2 N–H and O–H groups in total. The monoisotopic (exact) mass is 200 g/mol. The van der Waals surface area contributed by atoms with Crippen molar-refractivity contribution in [3.8, 4) is 0 Å². The summed E-state index contributed by atoms with van der Waals surface area (Å²) in [7, 11) is 0. The SMILES string of the molecule is CCCC(=O)NC(C)C1CNCCO1. The molecule has 1 aliphatic heterocycles. The van der Waals surface area contributed by atoms with Crippen LogP contribution in [0.15, 0.2) is 0 Å². The summed E-state index contributed by atoms with van der Waals surface area (Å²) in [5.41, 5.74) is 0. The summed E-state index contributed by atoms with van der Waals surface area (Å²) in [6.45, 7) is 6.46. The standard InChI is InChI=1S/C10H20N2O2/c1-3-4-10(13)12-8(2)9-7-11-5-6-14-9/h8-9,11H,3-7H2,1-2H3,(H,12,13). The van der Waals surface area contributed by atoms with Crippen molar-refractivity contribution in [2.75, 3.05) is 19.7 Å². The van der Waals surface area contributed by atoms with Crippen LogP contribution in [0.25, 0.3) is 0 Å². The highest BCUT2D eigenvalue weighted by Gasteiger charge is 2.21. The summed E-state index contributed by atoms with van der Waals surface area (Å²) in [4.78, 5) is 11.3. The third kappa shape index (κ3) is 3.64. The number of hydrogen-bond acceptors (Lipinski definition) is 3. The quantitative estimate of drug-likeness (QED) is 0.685. The second kappa shape index (κ2) is 5.98. The van der Waals surface area contributed by atoms with E-state index in [2.05, 4.69) is 10.6 Å². The molecule has 0 spiro atoms. The largest absolute Gasteiger partial charge is 0.373 e. The Morgan fingerprint density at radius 1 is 1.71 bits per heavy atom. The predicted molar refractivity (Wildman–Crippen MR) is 55.1 cm³/mol. The molecule has 2 unspecified atom stereocenters. The summed E-state index contributed by atoms with van der Waals surface area (Å²) in [5, 5.41) is 6.19. The Bertz CT molecular complexity index is 179. The van der Waals surface area contributed by atoms with Crippen molar-refractivity contribution in [2.45, 2.75) is 38.8 Å². The maximum Gasteiger partial charge on any atom is 0.220 e. The molecule has 0 bridgehead atoms. The van der Waals surface area contributed by atoms with E-state index in [-0.39, 0.29) is 18.1 Å². The van der Waals surface area contributed by atoms with Crippen LogP contribution in [-0.4, -0.2) is 37.7 Å². The van der Waals surface area contributed by atoms with E-state index in [0.29, 0.717) is 6.42 Å². The number of ether oxygens (including phenoxy) is 1. The molecule has 0 aromatic heterocycles. The minimum absolute atomic E-state index is 0.0989. The highest BCUT2D eigenvalue weighted by Crippen LogP contribution is 2.02. The highest BCUT2D eigenvalue weighted by atomic mass is 16.5. The first-order chi connectivity index (χ1) is 6.74. The molecule has 4 nitrogen and oxygen atoms in total. The predicted octanol–water partition coefficient (Wildman–Crippen LogP) is 0.280. The van der Waals surface area contributed by atoms with Gasteiger partial charge in [0.1, 0.15) is 0 Å². The zero-order valence-electron chi connectivity index (χ0n) is 9.01. The van der Waals surface area contributed by atoms with Gasteiger partial charge in [-0.1, -0.05) is 6.92 Å². The summed E-state index contributed by atoms with van der Waals surface area (Å²) in [5.74, 6) is 0.120. The van der Waals surface area contributed by atoms with Crippen LogP contribution in [0.5, 0.6) is 0 Å². The molecule has 14 heavy (non-hydrogen) atoms. The lowest BCUT2D eigenvalue weighted by Crippen LogP contribution is -2.50. The Morgan fingerprint density at radius 2 is 2.50 bits per heavy atom.